The minimum Gasteiger partial charge on any atom is -0.366 e. The number of nitrogens with one attached hydrogen (secondary N) is 3. The Kier molecular flexibility index (Phi) is 5.25. The van der Waals surface area contributed by atoms with Crippen LogP contribution >= 0.6 is 0 Å². The summed E-state index contributed by atoms with van der Waals surface area (Å²) in [5.74, 6) is 2.25. The molecule has 1 aliphatic rings. The van der Waals surface area contributed by atoms with Crippen molar-refractivity contribution in [2.24, 2.45) is 0 Å². The molecule has 6 heteroatoms. The molecule has 0 radical (unpaired) electrons. The number of fused-ring (bicyclic) bond motifs is 1. The number of piperidine rings is 1. The lowest BCUT2D eigenvalue weighted by molar-refractivity contribution is 0.479. The summed E-state index contributed by atoms with van der Waals surface area (Å²) in [6.45, 7) is 7.20. The van der Waals surface area contributed by atoms with Crippen LogP contribution in [0.4, 0.5) is 11.6 Å². The van der Waals surface area contributed by atoms with Crippen LogP contribution in [-0.4, -0.2) is 33.7 Å². The van der Waals surface area contributed by atoms with Gasteiger partial charge in [0.25, 0.3) is 0 Å². The van der Waals surface area contributed by atoms with E-state index in [1.54, 1.807) is 0 Å². The van der Waals surface area contributed by atoms with Crippen LogP contribution in [0.15, 0.2) is 42.6 Å². The number of hydrogen-bond donors (Lipinski definition) is 3. The van der Waals surface area contributed by atoms with Crippen molar-refractivity contribution in [3.8, 4) is 0 Å². The van der Waals surface area contributed by atoms with Gasteiger partial charge in [0, 0.05) is 30.8 Å². The third kappa shape index (κ3) is 4.06. The average molecular weight is 364 g/mol. The third-order valence-corrected chi connectivity index (χ3v) is 5.09. The number of aromatic nitrogens is 3. The van der Waals surface area contributed by atoms with Gasteiger partial charge in [-0.15, -0.1) is 0 Å². The molecule has 0 aliphatic carbocycles. The Morgan fingerprint density at radius 2 is 2.11 bits per heavy atom. The second kappa shape index (κ2) is 7.96. The van der Waals surface area contributed by atoms with Crippen LogP contribution in [0.1, 0.15) is 43.7 Å². The molecule has 3 aromatic rings. The summed E-state index contributed by atoms with van der Waals surface area (Å²) < 4.78 is 1.92. The first-order valence-electron chi connectivity index (χ1n) is 9.84. The molecule has 0 amide bonds. The molecule has 27 heavy (non-hydrogen) atoms. The Hall–Kier alpha value is -2.60. The summed E-state index contributed by atoms with van der Waals surface area (Å²) in [5, 5.41) is 15.2. The van der Waals surface area contributed by atoms with Crippen LogP contribution in [0.5, 0.6) is 0 Å². The molecule has 1 aromatic carbocycles. The molecule has 4 rings (SSSR count). The van der Waals surface area contributed by atoms with Crippen molar-refractivity contribution in [1.82, 2.24) is 19.9 Å². The highest BCUT2D eigenvalue weighted by Crippen LogP contribution is 2.25. The van der Waals surface area contributed by atoms with Gasteiger partial charge in [0.2, 0.25) is 0 Å². The normalized spacial score (nSPS) is 17.4. The fourth-order valence-corrected chi connectivity index (χ4v) is 3.56. The van der Waals surface area contributed by atoms with Gasteiger partial charge in [0.1, 0.15) is 11.6 Å². The first-order valence-corrected chi connectivity index (χ1v) is 9.84. The lowest BCUT2D eigenvalue weighted by atomic mass is 10.1. The van der Waals surface area contributed by atoms with E-state index >= 15 is 0 Å². The molecule has 1 fully saturated rings. The molecular formula is C21H28N6. The van der Waals surface area contributed by atoms with E-state index in [1.807, 2.05) is 16.8 Å². The highest BCUT2D eigenvalue weighted by molar-refractivity contribution is 5.61. The zero-order valence-corrected chi connectivity index (χ0v) is 16.1. The summed E-state index contributed by atoms with van der Waals surface area (Å²) in [6.07, 6.45) is 4.30. The van der Waals surface area contributed by atoms with E-state index in [0.717, 1.165) is 36.9 Å². The van der Waals surface area contributed by atoms with Crippen molar-refractivity contribution in [2.75, 3.05) is 23.7 Å². The number of benzene rings is 1. The van der Waals surface area contributed by atoms with Gasteiger partial charge in [-0.3, -0.25) is 0 Å². The fourth-order valence-electron chi connectivity index (χ4n) is 3.56. The summed E-state index contributed by atoms with van der Waals surface area (Å²) in [7, 11) is 0. The lowest BCUT2D eigenvalue weighted by Gasteiger charge is -2.24. The van der Waals surface area contributed by atoms with E-state index < -0.39 is 0 Å². The molecule has 142 valence electrons. The Balaban J connectivity index is 1.64. The van der Waals surface area contributed by atoms with E-state index in [2.05, 4.69) is 65.2 Å². The molecule has 6 nitrogen and oxygen atoms in total. The molecule has 0 saturated carbocycles. The highest BCUT2D eigenvalue weighted by atomic mass is 15.3. The van der Waals surface area contributed by atoms with E-state index in [4.69, 9.17) is 4.98 Å². The molecule has 2 aromatic heterocycles. The van der Waals surface area contributed by atoms with Gasteiger partial charge >= 0.3 is 0 Å². The minimum atomic E-state index is 0.378. The van der Waals surface area contributed by atoms with Crippen LogP contribution < -0.4 is 16.0 Å². The van der Waals surface area contributed by atoms with Gasteiger partial charge in [-0.1, -0.05) is 44.2 Å². The predicted octanol–water partition coefficient (Wildman–Crippen LogP) is 3.63. The van der Waals surface area contributed by atoms with E-state index in [-0.39, 0.29) is 0 Å². The van der Waals surface area contributed by atoms with Gasteiger partial charge in [0.05, 0.1) is 6.20 Å². The summed E-state index contributed by atoms with van der Waals surface area (Å²) in [5.41, 5.74) is 3.34. The Labute approximate surface area is 160 Å². The van der Waals surface area contributed by atoms with Gasteiger partial charge in [-0.25, -0.2) is 4.98 Å². The second-order valence-electron chi connectivity index (χ2n) is 7.54. The van der Waals surface area contributed by atoms with Crippen LogP contribution in [0.25, 0.3) is 5.65 Å². The van der Waals surface area contributed by atoms with E-state index in [0.29, 0.717) is 12.0 Å². The highest BCUT2D eigenvalue weighted by Gasteiger charge is 2.17. The molecule has 0 bridgehead atoms. The molecular weight excluding hydrogens is 336 g/mol. The van der Waals surface area contributed by atoms with Crippen molar-refractivity contribution in [3.05, 3.63) is 53.7 Å². The lowest BCUT2D eigenvalue weighted by Crippen LogP contribution is -2.38. The number of nitrogens with zero attached hydrogens (tertiary/aromatic N) is 3. The van der Waals surface area contributed by atoms with Gasteiger partial charge in [-0.2, -0.15) is 9.61 Å². The van der Waals surface area contributed by atoms with Crippen molar-refractivity contribution in [1.29, 1.82) is 0 Å². The smallest absolute Gasteiger partial charge is 0.163 e. The third-order valence-electron chi connectivity index (χ3n) is 5.09. The Morgan fingerprint density at radius 1 is 1.26 bits per heavy atom. The SMILES string of the molecule is CC(C)c1cnn2c(NCc3ccccc3)cc(NC3CCCNC3)nc12. The van der Waals surface area contributed by atoms with Crippen molar-refractivity contribution < 1.29 is 0 Å². The molecule has 0 spiro atoms. The fraction of sp³-hybridized carbons (Fsp3) is 0.429. The average Bonchev–Trinajstić information content (AvgIpc) is 3.12. The van der Waals surface area contributed by atoms with Gasteiger partial charge in [0.15, 0.2) is 5.65 Å². The first kappa shape index (κ1) is 17.8. The zero-order valence-electron chi connectivity index (χ0n) is 16.1. The van der Waals surface area contributed by atoms with Crippen molar-refractivity contribution in [2.45, 2.75) is 45.2 Å². The molecule has 1 aliphatic heterocycles. The van der Waals surface area contributed by atoms with E-state index in [1.165, 1.54) is 24.0 Å². The van der Waals surface area contributed by atoms with Gasteiger partial charge < -0.3 is 16.0 Å². The molecule has 1 saturated heterocycles. The summed E-state index contributed by atoms with van der Waals surface area (Å²) in [4.78, 5) is 4.89. The summed E-state index contributed by atoms with van der Waals surface area (Å²) in [6, 6.07) is 12.9. The first-order chi connectivity index (χ1) is 13.2. The monoisotopic (exact) mass is 364 g/mol. The Morgan fingerprint density at radius 3 is 2.85 bits per heavy atom. The predicted molar refractivity (Wildman–Crippen MR) is 110 cm³/mol. The van der Waals surface area contributed by atoms with Crippen LogP contribution in [-0.2, 0) is 6.54 Å². The number of rotatable bonds is 6. The molecule has 3 N–H and O–H groups in total. The molecule has 1 unspecified atom stereocenters. The van der Waals surface area contributed by atoms with Crippen LogP contribution in [0.2, 0.25) is 0 Å². The van der Waals surface area contributed by atoms with Crippen molar-refractivity contribution in [3.63, 3.8) is 0 Å². The van der Waals surface area contributed by atoms with Crippen LogP contribution in [0.3, 0.4) is 0 Å². The standard InChI is InChI=1S/C21H28N6/c1-15(2)18-14-24-27-20(23-12-16-7-4-3-5-8-16)11-19(26-21(18)27)25-17-9-6-10-22-13-17/h3-5,7-8,11,14-15,17,22-23H,6,9-10,12-13H2,1-2H3,(H,25,26). The zero-order chi connectivity index (χ0) is 18.6. The summed E-state index contributed by atoms with van der Waals surface area (Å²) >= 11 is 0. The Bertz CT molecular complexity index is 880. The molecule has 1 atom stereocenters. The van der Waals surface area contributed by atoms with E-state index in [9.17, 15) is 0 Å². The maximum absolute atomic E-state index is 4.89. The second-order valence-corrected chi connectivity index (χ2v) is 7.54. The quantitative estimate of drug-likeness (QED) is 0.623. The minimum absolute atomic E-state index is 0.378. The maximum Gasteiger partial charge on any atom is 0.163 e. The molecule has 3 heterocycles. The number of anilines is 2. The van der Waals surface area contributed by atoms with Gasteiger partial charge in [-0.05, 0) is 30.9 Å². The van der Waals surface area contributed by atoms with Crippen LogP contribution in [0, 0.1) is 0 Å². The topological polar surface area (TPSA) is 66.3 Å². The maximum atomic E-state index is 4.89. The van der Waals surface area contributed by atoms with Crippen molar-refractivity contribution >= 4 is 17.3 Å². The number of hydrogen-bond acceptors (Lipinski definition) is 5. The largest absolute Gasteiger partial charge is 0.366 e.